The van der Waals surface area contributed by atoms with Crippen molar-refractivity contribution in [3.05, 3.63) is 53.3 Å². The van der Waals surface area contributed by atoms with Crippen molar-refractivity contribution < 1.29 is 13.2 Å². The van der Waals surface area contributed by atoms with Gasteiger partial charge in [0.05, 0.1) is 11.5 Å². The molecule has 2 rings (SSSR count). The molecule has 130 valence electrons. The third kappa shape index (κ3) is 4.55. The predicted octanol–water partition coefficient (Wildman–Crippen LogP) is 3.36. The average Bonchev–Trinajstić information content (AvgIpc) is 2.58. The maximum Gasteiger partial charge on any atom is 0.241 e. The summed E-state index contributed by atoms with van der Waals surface area (Å²) in [5.74, 6) is 0.743. The fourth-order valence-electron chi connectivity index (χ4n) is 2.30. The second-order valence-electron chi connectivity index (χ2n) is 5.70. The molecular weight excluding hydrogens is 324 g/mol. The summed E-state index contributed by atoms with van der Waals surface area (Å²) in [4.78, 5) is 4.27. The predicted molar refractivity (Wildman–Crippen MR) is 94.6 cm³/mol. The smallest absolute Gasteiger partial charge is 0.241 e. The van der Waals surface area contributed by atoms with Gasteiger partial charge in [0.25, 0.3) is 0 Å². The third-order valence-corrected chi connectivity index (χ3v) is 5.47. The number of rotatable bonds is 8. The van der Waals surface area contributed by atoms with Gasteiger partial charge in [0, 0.05) is 18.9 Å². The zero-order valence-electron chi connectivity index (χ0n) is 14.4. The number of ether oxygens (including phenoxy) is 1. The van der Waals surface area contributed by atoms with Gasteiger partial charge in [0.1, 0.15) is 5.75 Å². The number of benzene rings is 1. The topological polar surface area (TPSA) is 68.3 Å². The number of aromatic nitrogens is 1. The molecule has 0 unspecified atom stereocenters. The molecule has 0 radical (unpaired) electrons. The van der Waals surface area contributed by atoms with E-state index in [0.29, 0.717) is 12.2 Å². The quantitative estimate of drug-likeness (QED) is 0.743. The molecule has 1 aromatic carbocycles. The van der Waals surface area contributed by atoms with Gasteiger partial charge in [-0.1, -0.05) is 19.4 Å². The molecule has 0 bridgehead atoms. The van der Waals surface area contributed by atoms with Crippen molar-refractivity contribution in [2.45, 2.75) is 45.1 Å². The monoisotopic (exact) mass is 348 g/mol. The Hall–Kier alpha value is -1.92. The second kappa shape index (κ2) is 8.26. The van der Waals surface area contributed by atoms with Gasteiger partial charge < -0.3 is 4.74 Å². The van der Waals surface area contributed by atoms with Crippen LogP contribution in [0, 0.1) is 13.8 Å². The van der Waals surface area contributed by atoms with E-state index in [9.17, 15) is 8.42 Å². The van der Waals surface area contributed by atoms with Crippen LogP contribution in [0.2, 0.25) is 0 Å². The minimum absolute atomic E-state index is 0.212. The lowest BCUT2D eigenvalue weighted by Crippen LogP contribution is -2.24. The number of nitrogens with zero attached hydrogens (tertiary/aromatic N) is 1. The lowest BCUT2D eigenvalue weighted by Gasteiger charge is -2.15. The zero-order chi connectivity index (χ0) is 17.6. The summed E-state index contributed by atoms with van der Waals surface area (Å²) in [5, 5.41) is 0. The van der Waals surface area contributed by atoms with Crippen LogP contribution in [0.3, 0.4) is 0 Å². The first-order valence-corrected chi connectivity index (χ1v) is 9.55. The molecule has 1 N–H and O–H groups in total. The Bertz CT molecular complexity index is 774. The summed E-state index contributed by atoms with van der Waals surface area (Å²) in [6, 6.07) is 6.95. The Labute approximate surface area is 144 Å². The summed E-state index contributed by atoms with van der Waals surface area (Å²) in [6.07, 6.45) is 5.34. The molecule has 5 nitrogen and oxygen atoms in total. The van der Waals surface area contributed by atoms with Crippen LogP contribution in [0.5, 0.6) is 5.75 Å². The van der Waals surface area contributed by atoms with E-state index >= 15 is 0 Å². The van der Waals surface area contributed by atoms with Crippen molar-refractivity contribution in [3.63, 3.8) is 0 Å². The van der Waals surface area contributed by atoms with Crippen molar-refractivity contribution in [1.82, 2.24) is 9.71 Å². The number of nitrogens with one attached hydrogen (secondary N) is 1. The lowest BCUT2D eigenvalue weighted by atomic mass is 10.1. The van der Waals surface area contributed by atoms with E-state index in [0.717, 1.165) is 29.7 Å². The van der Waals surface area contributed by atoms with Crippen LogP contribution in [0.1, 0.15) is 36.5 Å². The van der Waals surface area contributed by atoms with Gasteiger partial charge in [0.2, 0.25) is 10.0 Å². The molecule has 1 aromatic heterocycles. The SMILES string of the molecule is CCCCOc1ccc(S(=O)(=O)NCc2cccnc2)c(C)c1C. The highest BCUT2D eigenvalue weighted by Gasteiger charge is 2.19. The van der Waals surface area contributed by atoms with Gasteiger partial charge in [0.15, 0.2) is 0 Å². The molecular formula is C18H24N2O3S. The highest BCUT2D eigenvalue weighted by molar-refractivity contribution is 7.89. The number of pyridine rings is 1. The van der Waals surface area contributed by atoms with E-state index in [4.69, 9.17) is 4.74 Å². The van der Waals surface area contributed by atoms with Gasteiger partial charge in [-0.05, 0) is 55.2 Å². The van der Waals surface area contributed by atoms with Crippen molar-refractivity contribution in [2.24, 2.45) is 0 Å². The van der Waals surface area contributed by atoms with Crippen LogP contribution >= 0.6 is 0 Å². The van der Waals surface area contributed by atoms with Crippen LogP contribution in [-0.2, 0) is 16.6 Å². The van der Waals surface area contributed by atoms with E-state index in [1.54, 1.807) is 37.5 Å². The molecule has 0 saturated heterocycles. The summed E-state index contributed by atoms with van der Waals surface area (Å²) < 4.78 is 33.5. The van der Waals surface area contributed by atoms with E-state index in [1.165, 1.54) is 0 Å². The van der Waals surface area contributed by atoms with Gasteiger partial charge >= 0.3 is 0 Å². The summed E-state index contributed by atoms with van der Waals surface area (Å²) in [7, 11) is -3.59. The Kier molecular flexibility index (Phi) is 6.34. The number of hydrogen-bond acceptors (Lipinski definition) is 4. The normalized spacial score (nSPS) is 11.5. The molecule has 0 aliphatic heterocycles. The molecule has 0 aliphatic rings. The Morgan fingerprint density at radius 1 is 1.17 bits per heavy atom. The largest absolute Gasteiger partial charge is 0.493 e. The standard InChI is InChI=1S/C18H24N2O3S/c1-4-5-11-23-17-8-9-18(15(3)14(17)2)24(21,22)20-13-16-7-6-10-19-12-16/h6-10,12,20H,4-5,11,13H2,1-3H3. The number of hydrogen-bond donors (Lipinski definition) is 1. The van der Waals surface area contributed by atoms with Crippen molar-refractivity contribution in [2.75, 3.05) is 6.61 Å². The maximum atomic E-state index is 12.6. The van der Waals surface area contributed by atoms with E-state index in [2.05, 4.69) is 16.6 Å². The minimum atomic E-state index is -3.59. The van der Waals surface area contributed by atoms with Gasteiger partial charge in [-0.25, -0.2) is 13.1 Å². The van der Waals surface area contributed by atoms with Crippen LogP contribution in [0.25, 0.3) is 0 Å². The molecule has 0 amide bonds. The maximum absolute atomic E-state index is 12.6. The lowest BCUT2D eigenvalue weighted by molar-refractivity contribution is 0.307. The Morgan fingerprint density at radius 3 is 2.62 bits per heavy atom. The first kappa shape index (κ1) is 18.4. The molecule has 24 heavy (non-hydrogen) atoms. The zero-order valence-corrected chi connectivity index (χ0v) is 15.2. The number of unbranched alkanes of at least 4 members (excludes halogenated alkanes) is 1. The van der Waals surface area contributed by atoms with E-state index < -0.39 is 10.0 Å². The fraction of sp³-hybridized carbons (Fsp3) is 0.389. The third-order valence-electron chi connectivity index (χ3n) is 3.92. The van der Waals surface area contributed by atoms with Gasteiger partial charge in [-0.2, -0.15) is 0 Å². The van der Waals surface area contributed by atoms with E-state index in [1.807, 2.05) is 13.0 Å². The molecule has 0 aliphatic carbocycles. The van der Waals surface area contributed by atoms with Gasteiger partial charge in [-0.3, -0.25) is 4.98 Å². The summed E-state index contributed by atoms with van der Waals surface area (Å²) in [5.41, 5.74) is 2.38. The first-order valence-electron chi connectivity index (χ1n) is 8.07. The summed E-state index contributed by atoms with van der Waals surface area (Å²) >= 11 is 0. The first-order chi connectivity index (χ1) is 11.5. The van der Waals surface area contributed by atoms with Crippen molar-refractivity contribution in [3.8, 4) is 5.75 Å². The molecule has 0 fully saturated rings. The van der Waals surface area contributed by atoms with Crippen LogP contribution in [0.15, 0.2) is 41.6 Å². The van der Waals surface area contributed by atoms with Crippen LogP contribution < -0.4 is 9.46 Å². The van der Waals surface area contributed by atoms with Crippen molar-refractivity contribution in [1.29, 1.82) is 0 Å². The Morgan fingerprint density at radius 2 is 1.96 bits per heavy atom. The number of sulfonamides is 1. The molecule has 0 saturated carbocycles. The highest BCUT2D eigenvalue weighted by atomic mass is 32.2. The average molecular weight is 348 g/mol. The second-order valence-corrected chi connectivity index (χ2v) is 7.44. The summed E-state index contributed by atoms with van der Waals surface area (Å²) in [6.45, 7) is 6.65. The van der Waals surface area contributed by atoms with Crippen LogP contribution in [0.4, 0.5) is 0 Å². The van der Waals surface area contributed by atoms with Gasteiger partial charge in [-0.15, -0.1) is 0 Å². The minimum Gasteiger partial charge on any atom is -0.493 e. The molecule has 1 heterocycles. The Balaban J connectivity index is 2.16. The molecule has 0 atom stereocenters. The van der Waals surface area contributed by atoms with Crippen molar-refractivity contribution >= 4 is 10.0 Å². The molecule has 6 heteroatoms. The molecule has 2 aromatic rings. The molecule has 0 spiro atoms. The van der Waals surface area contributed by atoms with E-state index in [-0.39, 0.29) is 11.4 Å². The highest BCUT2D eigenvalue weighted by Crippen LogP contribution is 2.27. The van der Waals surface area contributed by atoms with Crippen LogP contribution in [-0.4, -0.2) is 20.0 Å². The fourth-order valence-corrected chi connectivity index (χ4v) is 3.62.